The standard InChI is InChI=1S/C34H42Br2N2O2/c1-19-17-21(9-11-23(19)37-27(39)33-15-13-31(7,25(33)35)29(33,3)4)22-10-12-24(20(2)18-22)38-28(40)34-16-14-32(8,26(34)36)30(34,5)6/h9-12,17-18,25-26H,13-16H2,1-8H3,(H,37,39)(H,38,40). The summed E-state index contributed by atoms with van der Waals surface area (Å²) < 4.78 is 0. The van der Waals surface area contributed by atoms with E-state index in [1.54, 1.807) is 0 Å². The van der Waals surface area contributed by atoms with Crippen LogP contribution in [0.5, 0.6) is 0 Å². The highest BCUT2D eigenvalue weighted by Crippen LogP contribution is 2.81. The second-order valence-corrected chi connectivity index (χ2v) is 16.6. The van der Waals surface area contributed by atoms with E-state index < -0.39 is 0 Å². The van der Waals surface area contributed by atoms with Gasteiger partial charge >= 0.3 is 0 Å². The zero-order chi connectivity index (χ0) is 29.3. The number of fused-ring (bicyclic) bond motifs is 2. The molecule has 8 rings (SSSR count). The van der Waals surface area contributed by atoms with E-state index in [2.05, 4.69) is 122 Å². The normalized spacial score (nSPS) is 37.9. The Bertz CT molecular complexity index is 1360. The lowest BCUT2D eigenvalue weighted by Crippen LogP contribution is -2.68. The van der Waals surface area contributed by atoms with Gasteiger partial charge in [-0.2, -0.15) is 0 Å². The fourth-order valence-corrected chi connectivity index (χ4v) is 13.0. The maximum absolute atomic E-state index is 13.6. The molecule has 0 aliphatic heterocycles. The summed E-state index contributed by atoms with van der Waals surface area (Å²) >= 11 is 7.78. The molecule has 6 fully saturated rings. The predicted molar refractivity (Wildman–Crippen MR) is 171 cm³/mol. The molecular formula is C34H42Br2N2O2. The molecule has 2 N–H and O–H groups in total. The second-order valence-electron chi connectivity index (χ2n) is 14.7. The van der Waals surface area contributed by atoms with Gasteiger partial charge in [0.25, 0.3) is 0 Å². The number of amides is 2. The zero-order valence-electron chi connectivity index (χ0n) is 25.0. The van der Waals surface area contributed by atoms with E-state index in [1.165, 1.54) is 0 Å². The quantitative estimate of drug-likeness (QED) is 0.312. The molecule has 6 heteroatoms. The largest absolute Gasteiger partial charge is 0.325 e. The Labute approximate surface area is 256 Å². The van der Waals surface area contributed by atoms with E-state index in [1.807, 2.05) is 12.1 Å². The highest BCUT2D eigenvalue weighted by atomic mass is 79.9. The van der Waals surface area contributed by atoms with E-state index in [9.17, 15) is 9.59 Å². The average molecular weight is 671 g/mol. The Hall–Kier alpha value is -1.66. The van der Waals surface area contributed by atoms with Crippen molar-refractivity contribution in [2.75, 3.05) is 10.6 Å². The summed E-state index contributed by atoms with van der Waals surface area (Å²) in [6.45, 7) is 17.7. The van der Waals surface area contributed by atoms with Gasteiger partial charge in [0.2, 0.25) is 11.8 Å². The molecule has 2 aromatic rings. The van der Waals surface area contributed by atoms with E-state index in [-0.39, 0.29) is 54.0 Å². The van der Waals surface area contributed by atoms with E-state index in [4.69, 9.17) is 0 Å². The number of alkyl halides is 2. The van der Waals surface area contributed by atoms with E-state index in [0.717, 1.165) is 59.3 Å². The average Bonchev–Trinajstić information content (AvgIpc) is 3.51. The molecule has 6 aliphatic rings. The first kappa shape index (κ1) is 28.5. The number of benzene rings is 2. The first-order valence-electron chi connectivity index (χ1n) is 14.6. The van der Waals surface area contributed by atoms with Gasteiger partial charge in [-0.1, -0.05) is 85.5 Å². The van der Waals surface area contributed by atoms with Crippen molar-refractivity contribution in [3.8, 4) is 11.1 Å². The molecule has 0 spiro atoms. The Morgan fingerprint density at radius 1 is 0.650 bits per heavy atom. The summed E-state index contributed by atoms with van der Waals surface area (Å²) in [5, 5.41) is 6.56. The molecule has 214 valence electrons. The summed E-state index contributed by atoms with van der Waals surface area (Å²) in [5.41, 5.74) is 5.51. The molecule has 0 radical (unpaired) electrons. The fourth-order valence-electron chi connectivity index (χ4n) is 9.35. The summed E-state index contributed by atoms with van der Waals surface area (Å²) in [6, 6.07) is 12.5. The summed E-state index contributed by atoms with van der Waals surface area (Å²) in [5.74, 6) is 0.257. The van der Waals surface area contributed by atoms with Crippen molar-refractivity contribution in [2.45, 2.75) is 90.7 Å². The molecule has 6 atom stereocenters. The molecule has 2 aromatic carbocycles. The van der Waals surface area contributed by atoms with Gasteiger partial charge < -0.3 is 10.6 Å². The third-order valence-electron chi connectivity index (χ3n) is 13.2. The second kappa shape index (κ2) is 8.46. The van der Waals surface area contributed by atoms with Gasteiger partial charge in [-0.25, -0.2) is 0 Å². The molecule has 6 saturated carbocycles. The van der Waals surface area contributed by atoms with Crippen molar-refractivity contribution in [2.24, 2.45) is 32.5 Å². The highest BCUT2D eigenvalue weighted by molar-refractivity contribution is 9.09. The summed E-state index contributed by atoms with van der Waals surface area (Å²) in [7, 11) is 0. The smallest absolute Gasteiger partial charge is 0.232 e. The van der Waals surface area contributed by atoms with Crippen molar-refractivity contribution in [1.82, 2.24) is 0 Å². The third kappa shape index (κ3) is 3.03. The number of hydrogen-bond acceptors (Lipinski definition) is 2. The monoisotopic (exact) mass is 668 g/mol. The minimum absolute atomic E-state index is 0.0400. The van der Waals surface area contributed by atoms with Crippen LogP contribution >= 0.6 is 31.9 Å². The van der Waals surface area contributed by atoms with Crippen LogP contribution in [0.2, 0.25) is 0 Å². The Balaban J connectivity index is 1.18. The van der Waals surface area contributed by atoms with Gasteiger partial charge in [0, 0.05) is 21.0 Å². The number of carbonyl (C=O) groups excluding carboxylic acids is 2. The highest BCUT2D eigenvalue weighted by Gasteiger charge is 2.81. The van der Waals surface area contributed by atoms with Crippen LogP contribution in [0.1, 0.15) is 78.4 Å². The Morgan fingerprint density at radius 3 is 1.25 bits per heavy atom. The molecule has 40 heavy (non-hydrogen) atoms. The van der Waals surface area contributed by atoms with E-state index >= 15 is 0 Å². The predicted octanol–water partition coefficient (Wildman–Crippen LogP) is 9.03. The third-order valence-corrected chi connectivity index (χ3v) is 16.8. The van der Waals surface area contributed by atoms with Crippen molar-refractivity contribution in [3.63, 3.8) is 0 Å². The number of nitrogens with one attached hydrogen (secondary N) is 2. The maximum atomic E-state index is 13.6. The van der Waals surface area contributed by atoms with Crippen LogP contribution in [-0.4, -0.2) is 21.5 Å². The van der Waals surface area contributed by atoms with Crippen LogP contribution in [0.3, 0.4) is 0 Å². The van der Waals surface area contributed by atoms with Gasteiger partial charge in [0.1, 0.15) is 0 Å². The molecule has 0 saturated heterocycles. The zero-order valence-corrected chi connectivity index (χ0v) is 28.2. The van der Waals surface area contributed by atoms with Crippen molar-refractivity contribution < 1.29 is 9.59 Å². The molecule has 6 aliphatic carbocycles. The van der Waals surface area contributed by atoms with Crippen LogP contribution in [0.4, 0.5) is 11.4 Å². The van der Waals surface area contributed by atoms with Crippen LogP contribution in [0.25, 0.3) is 11.1 Å². The molecule has 2 amide bonds. The molecular weight excluding hydrogens is 628 g/mol. The van der Waals surface area contributed by atoms with Gasteiger partial charge in [0.05, 0.1) is 10.8 Å². The van der Waals surface area contributed by atoms with Gasteiger partial charge in [-0.3, -0.25) is 9.59 Å². The lowest BCUT2D eigenvalue weighted by atomic mass is 9.43. The van der Waals surface area contributed by atoms with Crippen LogP contribution < -0.4 is 10.6 Å². The van der Waals surface area contributed by atoms with Gasteiger partial charge in [-0.05, 0) is 108 Å². The number of aryl methyl sites for hydroxylation is 2. The Morgan fingerprint density at radius 2 is 1.00 bits per heavy atom. The van der Waals surface area contributed by atoms with E-state index in [0.29, 0.717) is 0 Å². The fraction of sp³-hybridized carbons (Fsp3) is 0.588. The molecule has 4 bridgehead atoms. The van der Waals surface area contributed by atoms with Crippen molar-refractivity contribution >= 4 is 55.0 Å². The lowest BCUT2D eigenvalue weighted by molar-refractivity contribution is -0.156. The minimum atomic E-state index is -0.371. The number of anilines is 2. The number of carbonyl (C=O) groups is 2. The molecule has 6 unspecified atom stereocenters. The number of hydrogen-bond donors (Lipinski definition) is 2. The van der Waals surface area contributed by atoms with Crippen LogP contribution in [0.15, 0.2) is 36.4 Å². The molecule has 4 nitrogen and oxygen atoms in total. The van der Waals surface area contributed by atoms with Gasteiger partial charge in [-0.15, -0.1) is 0 Å². The molecule has 0 heterocycles. The minimum Gasteiger partial charge on any atom is -0.325 e. The number of rotatable bonds is 5. The maximum Gasteiger partial charge on any atom is 0.232 e. The molecule has 0 aromatic heterocycles. The summed E-state index contributed by atoms with van der Waals surface area (Å²) in [6.07, 6.45) is 4.00. The van der Waals surface area contributed by atoms with Crippen molar-refractivity contribution in [3.05, 3.63) is 47.5 Å². The SMILES string of the molecule is Cc1cc(-c2ccc(NC(=O)C34CCC(C)(C3Br)C4(C)C)c(C)c2)ccc1NC(=O)C12CCC(C)(C1Br)C2(C)C. The van der Waals surface area contributed by atoms with Gasteiger partial charge in [0.15, 0.2) is 0 Å². The topological polar surface area (TPSA) is 58.2 Å². The van der Waals surface area contributed by atoms with Crippen molar-refractivity contribution in [1.29, 1.82) is 0 Å². The number of halogens is 2. The summed E-state index contributed by atoms with van der Waals surface area (Å²) in [4.78, 5) is 27.7. The Kier molecular flexibility index (Phi) is 6.02. The first-order chi connectivity index (χ1) is 18.5. The van der Waals surface area contributed by atoms with Crippen LogP contribution in [0, 0.1) is 46.3 Å². The lowest BCUT2D eigenvalue weighted by Gasteiger charge is -2.64. The van der Waals surface area contributed by atoms with Crippen LogP contribution in [-0.2, 0) is 9.59 Å². The first-order valence-corrected chi connectivity index (χ1v) is 16.5.